The van der Waals surface area contributed by atoms with E-state index in [0.717, 1.165) is 13.1 Å². The number of carbonyl (C=O) groups is 1. The topological polar surface area (TPSA) is 104 Å². The molecule has 1 aromatic rings. The minimum absolute atomic E-state index is 0. The van der Waals surface area contributed by atoms with E-state index in [2.05, 4.69) is 5.29 Å². The summed E-state index contributed by atoms with van der Waals surface area (Å²) in [4.78, 5) is 20.5. The molecule has 0 fully saturated rings. The van der Waals surface area contributed by atoms with E-state index in [1.807, 2.05) is 0 Å². The summed E-state index contributed by atoms with van der Waals surface area (Å²) in [5.41, 5.74) is -0.180. The number of carboxylic acids is 1. The Labute approximate surface area is 121 Å². The van der Waals surface area contributed by atoms with Crippen molar-refractivity contribution < 1.29 is 49.3 Å². The minimum Gasteiger partial charge on any atom is -1.00 e. The molecule has 0 saturated carbocycles. The summed E-state index contributed by atoms with van der Waals surface area (Å²) >= 11 is 0. The van der Waals surface area contributed by atoms with Crippen molar-refractivity contribution in [3.8, 4) is 0 Å². The zero-order valence-electron chi connectivity index (χ0n) is 10.2. The number of hydrogen-bond donors (Lipinski definition) is 1. The predicted molar refractivity (Wildman–Crippen MR) is 55.3 cm³/mol. The van der Waals surface area contributed by atoms with E-state index in [1.54, 1.807) is 0 Å². The Morgan fingerprint density at radius 2 is 2.06 bits per heavy atom. The zero-order chi connectivity index (χ0) is 12.3. The van der Waals surface area contributed by atoms with Crippen LogP contribution >= 0.6 is 0 Å². The summed E-state index contributed by atoms with van der Waals surface area (Å²) in [6.45, 7) is 0. The van der Waals surface area contributed by atoms with E-state index in [-0.39, 0.29) is 45.9 Å². The Kier molecular flexibility index (Phi) is 5.76. The fraction of sp³-hybridized carbons (Fsp3) is 0.125. The maximum atomic E-state index is 11.6. The van der Waals surface area contributed by atoms with Crippen LogP contribution in [0.25, 0.3) is 0 Å². The van der Waals surface area contributed by atoms with Gasteiger partial charge in [0.15, 0.2) is 0 Å². The van der Waals surface area contributed by atoms with Gasteiger partial charge in [0.2, 0.25) is 0 Å². The molecular formula is C8H9N2NaO5S. The first kappa shape index (κ1) is 16.0. The van der Waals surface area contributed by atoms with Crippen molar-refractivity contribution in [2.24, 2.45) is 5.29 Å². The molecule has 0 spiro atoms. The van der Waals surface area contributed by atoms with Crippen molar-refractivity contribution in [3.05, 3.63) is 34.7 Å². The number of nitrogens with zero attached hydrogens (tertiary/aromatic N) is 2. The Hall–Kier alpha value is -0.960. The van der Waals surface area contributed by atoms with Crippen LogP contribution in [0.4, 0.5) is 0 Å². The van der Waals surface area contributed by atoms with Crippen LogP contribution < -0.4 is 29.6 Å². The number of sulfonamides is 1. The van der Waals surface area contributed by atoms with Crippen molar-refractivity contribution in [1.29, 1.82) is 0 Å². The van der Waals surface area contributed by atoms with Gasteiger partial charge in [0.25, 0.3) is 10.0 Å². The number of nitroso groups, excluding NO2 is 1. The summed E-state index contributed by atoms with van der Waals surface area (Å²) in [7, 11) is -3.09. The quantitative estimate of drug-likeness (QED) is 0.379. The average Bonchev–Trinajstić information content (AvgIpc) is 2.28. The van der Waals surface area contributed by atoms with Crippen molar-refractivity contribution in [2.75, 3.05) is 7.05 Å². The Balaban J connectivity index is 0. The molecule has 0 radical (unpaired) electrons. The standard InChI is InChI=1S/C8H8N2O5S.Na.H/c1-10(9-13)16(14,15)7-4-2-3-6(5-7)8(11)12;;/h2-5H,1H3,(H,11,12);;/q;+1;-1. The maximum Gasteiger partial charge on any atom is 1.00 e. The third kappa shape index (κ3) is 3.50. The van der Waals surface area contributed by atoms with Crippen molar-refractivity contribution in [1.82, 2.24) is 4.41 Å². The van der Waals surface area contributed by atoms with Crippen LogP contribution in [-0.2, 0) is 10.0 Å². The molecule has 7 nitrogen and oxygen atoms in total. The molecule has 9 heteroatoms. The van der Waals surface area contributed by atoms with Crippen LogP contribution in [0.5, 0.6) is 0 Å². The van der Waals surface area contributed by atoms with Gasteiger partial charge in [-0.3, -0.25) is 0 Å². The second kappa shape index (κ2) is 6.10. The van der Waals surface area contributed by atoms with E-state index in [4.69, 9.17) is 5.11 Å². The molecule has 17 heavy (non-hydrogen) atoms. The minimum atomic E-state index is -4.05. The summed E-state index contributed by atoms with van der Waals surface area (Å²) in [5.74, 6) is -1.25. The van der Waals surface area contributed by atoms with Gasteiger partial charge in [-0.05, 0) is 18.2 Å². The van der Waals surface area contributed by atoms with Crippen LogP contribution in [0.3, 0.4) is 0 Å². The molecule has 0 atom stereocenters. The first-order valence-electron chi connectivity index (χ1n) is 4.05. The van der Waals surface area contributed by atoms with Gasteiger partial charge in [-0.15, -0.1) is 4.91 Å². The molecule has 0 aliphatic rings. The third-order valence-corrected chi connectivity index (χ3v) is 3.45. The molecule has 88 valence electrons. The first-order chi connectivity index (χ1) is 7.39. The molecule has 0 bridgehead atoms. The molecular weight excluding hydrogens is 259 g/mol. The normalized spacial score (nSPS) is 10.2. The third-order valence-electron chi connectivity index (χ3n) is 1.84. The summed E-state index contributed by atoms with van der Waals surface area (Å²) in [6.07, 6.45) is 0. The number of benzene rings is 1. The van der Waals surface area contributed by atoms with Crippen LogP contribution in [0.2, 0.25) is 0 Å². The summed E-state index contributed by atoms with van der Waals surface area (Å²) in [5, 5.41) is 10.9. The van der Waals surface area contributed by atoms with Crippen LogP contribution in [0, 0.1) is 4.91 Å². The van der Waals surface area contributed by atoms with Gasteiger partial charge in [-0.25, -0.2) is 4.79 Å². The zero-order valence-corrected chi connectivity index (χ0v) is 12.0. The fourth-order valence-corrected chi connectivity index (χ4v) is 1.91. The number of aromatic carboxylic acids is 1. The van der Waals surface area contributed by atoms with Gasteiger partial charge in [0.1, 0.15) is 0 Å². The van der Waals surface area contributed by atoms with E-state index in [1.165, 1.54) is 18.2 Å². The molecule has 0 aromatic heterocycles. The molecule has 0 amide bonds. The summed E-state index contributed by atoms with van der Waals surface area (Å²) < 4.78 is 23.4. The Morgan fingerprint density at radius 3 is 2.53 bits per heavy atom. The molecule has 1 aromatic carbocycles. The molecule has 0 saturated heterocycles. The van der Waals surface area contributed by atoms with Crippen molar-refractivity contribution >= 4 is 16.0 Å². The number of carboxylic acid groups (broad SMARTS) is 1. The van der Waals surface area contributed by atoms with Gasteiger partial charge in [0, 0.05) is 7.05 Å². The van der Waals surface area contributed by atoms with Gasteiger partial charge < -0.3 is 6.53 Å². The van der Waals surface area contributed by atoms with Crippen molar-refractivity contribution in [2.45, 2.75) is 4.90 Å². The predicted octanol–water partition coefficient (Wildman–Crippen LogP) is -2.20. The van der Waals surface area contributed by atoms with Gasteiger partial charge in [0.05, 0.1) is 15.7 Å². The largest absolute Gasteiger partial charge is 1.00 e. The van der Waals surface area contributed by atoms with Gasteiger partial charge >= 0.3 is 35.5 Å². The maximum absolute atomic E-state index is 11.6. The monoisotopic (exact) mass is 268 g/mol. The molecule has 0 unspecified atom stereocenters. The number of rotatable bonds is 4. The molecule has 0 aliphatic carbocycles. The Bertz CT molecular complexity index is 536. The van der Waals surface area contributed by atoms with Crippen LogP contribution in [0.15, 0.2) is 34.4 Å². The van der Waals surface area contributed by atoms with E-state index < -0.39 is 16.0 Å². The fourth-order valence-electron chi connectivity index (χ4n) is 0.986. The molecule has 0 aliphatic heterocycles. The van der Waals surface area contributed by atoms with Crippen LogP contribution in [-0.4, -0.2) is 31.0 Å². The second-order valence-corrected chi connectivity index (χ2v) is 4.80. The summed E-state index contributed by atoms with van der Waals surface area (Å²) in [6, 6.07) is 4.66. The smallest absolute Gasteiger partial charge is 1.00 e. The number of hydrogen-bond acceptors (Lipinski definition) is 5. The van der Waals surface area contributed by atoms with Crippen molar-refractivity contribution in [3.63, 3.8) is 0 Å². The van der Waals surface area contributed by atoms with E-state index in [0.29, 0.717) is 0 Å². The van der Waals surface area contributed by atoms with Crippen LogP contribution in [0.1, 0.15) is 11.8 Å². The Morgan fingerprint density at radius 1 is 1.47 bits per heavy atom. The van der Waals surface area contributed by atoms with E-state index >= 15 is 0 Å². The molecule has 0 heterocycles. The van der Waals surface area contributed by atoms with Gasteiger partial charge in [-0.1, -0.05) is 6.07 Å². The first-order valence-corrected chi connectivity index (χ1v) is 5.49. The molecule has 1 rings (SSSR count). The average molecular weight is 268 g/mol. The SMILES string of the molecule is CN(N=O)S(=O)(=O)c1cccc(C(=O)O)c1.[H-].[Na+]. The van der Waals surface area contributed by atoms with E-state index in [9.17, 15) is 18.1 Å². The second-order valence-electron chi connectivity index (χ2n) is 2.85. The van der Waals surface area contributed by atoms with Gasteiger partial charge in [-0.2, -0.15) is 12.8 Å². The molecule has 1 N–H and O–H groups in total.